The average molecular weight is 365 g/mol. The number of ketones is 1. The largest absolute Gasteiger partial charge is 0.465 e. The second-order valence-corrected chi connectivity index (χ2v) is 6.66. The standard InChI is InChI=1S/C19H19N5O3/c1-22-10-14(9-20-22)12-3-5-13(6-4-12)18(25)17-15-11-24(19(26)27)8-7-16(15)23(2)21-17/h3-6,9-10H,7-8,11H2,1-2H3,(H,26,27). The van der Waals surface area contributed by atoms with Crippen LogP contribution < -0.4 is 0 Å². The molecule has 8 nitrogen and oxygen atoms in total. The van der Waals surface area contributed by atoms with Crippen molar-refractivity contribution in [3.63, 3.8) is 0 Å². The van der Waals surface area contributed by atoms with Gasteiger partial charge in [-0.25, -0.2) is 4.79 Å². The van der Waals surface area contributed by atoms with Gasteiger partial charge in [0.25, 0.3) is 0 Å². The third-order valence-electron chi connectivity index (χ3n) is 4.91. The zero-order valence-electron chi connectivity index (χ0n) is 15.1. The summed E-state index contributed by atoms with van der Waals surface area (Å²) in [4.78, 5) is 25.6. The number of aromatic nitrogens is 4. The molecule has 0 unspecified atom stereocenters. The van der Waals surface area contributed by atoms with Crippen molar-refractivity contribution in [3.05, 3.63) is 59.2 Å². The number of aryl methyl sites for hydroxylation is 2. The zero-order valence-corrected chi connectivity index (χ0v) is 15.1. The van der Waals surface area contributed by atoms with Gasteiger partial charge < -0.3 is 10.0 Å². The Kier molecular flexibility index (Phi) is 4.02. The third-order valence-corrected chi connectivity index (χ3v) is 4.91. The minimum atomic E-state index is -0.983. The number of hydrogen-bond acceptors (Lipinski definition) is 4. The Labute approximate surface area is 155 Å². The maximum atomic E-state index is 13.0. The van der Waals surface area contributed by atoms with Gasteiger partial charge in [-0.15, -0.1) is 0 Å². The zero-order chi connectivity index (χ0) is 19.1. The molecule has 138 valence electrons. The molecule has 0 spiro atoms. The Balaban J connectivity index is 1.65. The highest BCUT2D eigenvalue weighted by Crippen LogP contribution is 2.25. The van der Waals surface area contributed by atoms with Crippen LogP contribution in [0.3, 0.4) is 0 Å². The van der Waals surface area contributed by atoms with Crippen LogP contribution in [0.15, 0.2) is 36.7 Å². The van der Waals surface area contributed by atoms with E-state index in [0.29, 0.717) is 29.8 Å². The van der Waals surface area contributed by atoms with E-state index >= 15 is 0 Å². The maximum Gasteiger partial charge on any atom is 0.407 e. The molecule has 1 amide bonds. The summed E-state index contributed by atoms with van der Waals surface area (Å²) >= 11 is 0. The monoisotopic (exact) mass is 365 g/mol. The molecule has 0 fully saturated rings. The van der Waals surface area contributed by atoms with Crippen LogP contribution in [0, 0.1) is 0 Å². The van der Waals surface area contributed by atoms with Gasteiger partial charge in [0.2, 0.25) is 5.78 Å². The predicted molar refractivity (Wildman–Crippen MR) is 97.4 cm³/mol. The lowest BCUT2D eigenvalue weighted by Gasteiger charge is -2.24. The molecule has 0 saturated carbocycles. The fourth-order valence-electron chi connectivity index (χ4n) is 3.46. The van der Waals surface area contributed by atoms with Crippen LogP contribution in [-0.2, 0) is 27.1 Å². The summed E-state index contributed by atoms with van der Waals surface area (Å²) < 4.78 is 3.41. The molecule has 0 radical (unpaired) electrons. The summed E-state index contributed by atoms with van der Waals surface area (Å²) in [5, 5.41) is 17.8. The van der Waals surface area contributed by atoms with Gasteiger partial charge in [0.15, 0.2) is 0 Å². The summed E-state index contributed by atoms with van der Waals surface area (Å²) in [6, 6.07) is 7.29. The Morgan fingerprint density at radius 2 is 1.85 bits per heavy atom. The second-order valence-electron chi connectivity index (χ2n) is 6.66. The van der Waals surface area contributed by atoms with Gasteiger partial charge in [0.05, 0.1) is 12.7 Å². The van der Waals surface area contributed by atoms with Gasteiger partial charge in [-0.3, -0.25) is 14.2 Å². The van der Waals surface area contributed by atoms with E-state index in [1.807, 2.05) is 25.4 Å². The van der Waals surface area contributed by atoms with Gasteiger partial charge in [0.1, 0.15) is 5.69 Å². The number of nitrogens with zero attached hydrogens (tertiary/aromatic N) is 5. The number of carbonyl (C=O) groups excluding carboxylic acids is 1. The van der Waals surface area contributed by atoms with E-state index in [1.165, 1.54) is 4.90 Å². The van der Waals surface area contributed by atoms with Crippen molar-refractivity contribution in [2.75, 3.05) is 6.54 Å². The Hall–Kier alpha value is -3.42. The predicted octanol–water partition coefficient (Wildman–Crippen LogP) is 2.09. The summed E-state index contributed by atoms with van der Waals surface area (Å²) in [5.74, 6) is -0.197. The highest BCUT2D eigenvalue weighted by Gasteiger charge is 2.29. The third kappa shape index (κ3) is 2.99. The highest BCUT2D eigenvalue weighted by molar-refractivity contribution is 6.09. The maximum absolute atomic E-state index is 13.0. The van der Waals surface area contributed by atoms with Crippen LogP contribution in [-0.4, -0.2) is 48.0 Å². The van der Waals surface area contributed by atoms with Crippen molar-refractivity contribution < 1.29 is 14.7 Å². The number of benzene rings is 1. The first kappa shape index (κ1) is 17.0. The normalized spacial score (nSPS) is 13.5. The van der Waals surface area contributed by atoms with Crippen molar-refractivity contribution >= 4 is 11.9 Å². The van der Waals surface area contributed by atoms with Crippen LogP contribution in [0.5, 0.6) is 0 Å². The van der Waals surface area contributed by atoms with Gasteiger partial charge in [-0.1, -0.05) is 24.3 Å². The molecule has 0 saturated heterocycles. The minimum absolute atomic E-state index is 0.188. The molecule has 2 aromatic heterocycles. The number of carbonyl (C=O) groups is 2. The first-order chi connectivity index (χ1) is 12.9. The van der Waals surface area contributed by atoms with Crippen LogP contribution in [0.25, 0.3) is 11.1 Å². The second kappa shape index (κ2) is 6.39. The van der Waals surface area contributed by atoms with Crippen LogP contribution >= 0.6 is 0 Å². The first-order valence-electron chi connectivity index (χ1n) is 8.60. The molecule has 1 N–H and O–H groups in total. The first-order valence-corrected chi connectivity index (χ1v) is 8.60. The molecular weight excluding hydrogens is 346 g/mol. The minimum Gasteiger partial charge on any atom is -0.465 e. The van der Waals surface area contributed by atoms with Crippen molar-refractivity contribution in [1.29, 1.82) is 0 Å². The fourth-order valence-corrected chi connectivity index (χ4v) is 3.46. The van der Waals surface area contributed by atoms with E-state index in [1.54, 1.807) is 34.7 Å². The summed E-state index contributed by atoms with van der Waals surface area (Å²) in [6.07, 6.45) is 3.25. The summed E-state index contributed by atoms with van der Waals surface area (Å²) in [5.41, 5.74) is 4.42. The smallest absolute Gasteiger partial charge is 0.407 e. The number of amides is 1. The van der Waals surface area contributed by atoms with Gasteiger partial charge in [-0.05, 0) is 5.56 Å². The summed E-state index contributed by atoms with van der Waals surface area (Å²) in [7, 11) is 3.64. The van der Waals surface area contributed by atoms with Crippen molar-refractivity contribution in [3.8, 4) is 11.1 Å². The van der Waals surface area contributed by atoms with E-state index in [2.05, 4.69) is 10.2 Å². The average Bonchev–Trinajstić information content (AvgIpc) is 3.24. The van der Waals surface area contributed by atoms with E-state index < -0.39 is 6.09 Å². The van der Waals surface area contributed by atoms with Crippen molar-refractivity contribution in [2.45, 2.75) is 13.0 Å². The molecule has 3 heterocycles. The Morgan fingerprint density at radius 3 is 2.48 bits per heavy atom. The van der Waals surface area contributed by atoms with Crippen molar-refractivity contribution in [1.82, 2.24) is 24.5 Å². The molecule has 1 aromatic carbocycles. The lowest BCUT2D eigenvalue weighted by atomic mass is 9.98. The number of hydrogen-bond donors (Lipinski definition) is 1. The molecular formula is C19H19N5O3. The fraction of sp³-hybridized carbons (Fsp3) is 0.263. The van der Waals surface area contributed by atoms with E-state index in [0.717, 1.165) is 16.8 Å². The van der Waals surface area contributed by atoms with E-state index in [-0.39, 0.29) is 12.3 Å². The molecule has 1 aliphatic heterocycles. The van der Waals surface area contributed by atoms with Crippen molar-refractivity contribution in [2.24, 2.45) is 14.1 Å². The SMILES string of the molecule is Cn1cc(-c2ccc(C(=O)c3nn(C)c4c3CN(C(=O)O)CC4)cc2)cn1. The molecule has 27 heavy (non-hydrogen) atoms. The van der Waals surface area contributed by atoms with Crippen LogP contribution in [0.1, 0.15) is 27.3 Å². The summed E-state index contributed by atoms with van der Waals surface area (Å²) in [6.45, 7) is 0.600. The molecule has 8 heteroatoms. The van der Waals surface area contributed by atoms with Crippen LogP contribution in [0.2, 0.25) is 0 Å². The number of rotatable bonds is 3. The van der Waals surface area contributed by atoms with E-state index in [4.69, 9.17) is 0 Å². The molecule has 0 atom stereocenters. The highest BCUT2D eigenvalue weighted by atomic mass is 16.4. The molecule has 0 bridgehead atoms. The molecule has 0 aliphatic carbocycles. The number of fused-ring (bicyclic) bond motifs is 1. The Bertz CT molecular complexity index is 1030. The van der Waals surface area contributed by atoms with Gasteiger partial charge >= 0.3 is 6.09 Å². The lowest BCUT2D eigenvalue weighted by Crippen LogP contribution is -2.35. The lowest BCUT2D eigenvalue weighted by molar-refractivity contribution is 0.102. The van der Waals surface area contributed by atoms with Crippen LogP contribution in [0.4, 0.5) is 4.79 Å². The topological polar surface area (TPSA) is 93.2 Å². The molecule has 4 rings (SSSR count). The van der Waals surface area contributed by atoms with Gasteiger partial charge in [0, 0.05) is 55.6 Å². The Morgan fingerprint density at radius 1 is 1.11 bits per heavy atom. The van der Waals surface area contributed by atoms with Gasteiger partial charge in [-0.2, -0.15) is 10.2 Å². The van der Waals surface area contributed by atoms with E-state index in [9.17, 15) is 14.7 Å². The quantitative estimate of drug-likeness (QED) is 0.718. The number of carboxylic acid groups (broad SMARTS) is 1. The molecule has 3 aromatic rings. The molecule has 1 aliphatic rings.